The number of aromatic nitrogens is 3. The molecule has 0 atom stereocenters. The van der Waals surface area contributed by atoms with E-state index < -0.39 is 5.92 Å². The second kappa shape index (κ2) is 7.98. The SMILES string of the molecule is CC(=O)Nc1cc(Nc2cccc(C(C)(F)F)n2)c(-c2ccc(C#N)cn2)cn1. The number of carbonyl (C=O) groups is 1. The Morgan fingerprint density at radius 3 is 2.55 bits per heavy atom. The second-order valence-corrected chi connectivity index (χ2v) is 6.26. The van der Waals surface area contributed by atoms with Gasteiger partial charge in [-0.25, -0.2) is 9.97 Å². The van der Waals surface area contributed by atoms with Gasteiger partial charge in [-0.3, -0.25) is 9.78 Å². The second-order valence-electron chi connectivity index (χ2n) is 6.26. The van der Waals surface area contributed by atoms with E-state index in [1.165, 1.54) is 31.5 Å². The number of nitrogens with one attached hydrogen (secondary N) is 2. The summed E-state index contributed by atoms with van der Waals surface area (Å²) in [6, 6.07) is 11.0. The summed E-state index contributed by atoms with van der Waals surface area (Å²) in [4.78, 5) is 23.7. The average Bonchev–Trinajstić information content (AvgIpc) is 2.67. The monoisotopic (exact) mass is 394 g/mol. The highest BCUT2D eigenvalue weighted by Crippen LogP contribution is 2.31. The Morgan fingerprint density at radius 2 is 1.93 bits per heavy atom. The minimum atomic E-state index is -3.09. The third kappa shape index (κ3) is 4.87. The molecular formula is C20H16F2N6O. The third-order valence-corrected chi connectivity index (χ3v) is 3.84. The molecule has 0 saturated heterocycles. The van der Waals surface area contributed by atoms with Crippen LogP contribution in [0.3, 0.4) is 0 Å². The van der Waals surface area contributed by atoms with E-state index in [2.05, 4.69) is 25.6 Å². The summed E-state index contributed by atoms with van der Waals surface area (Å²) in [6.07, 6.45) is 2.90. The molecule has 3 aromatic rings. The normalized spacial score (nSPS) is 10.9. The van der Waals surface area contributed by atoms with Gasteiger partial charge in [0.05, 0.1) is 16.9 Å². The summed E-state index contributed by atoms with van der Waals surface area (Å²) in [7, 11) is 0. The minimum Gasteiger partial charge on any atom is -0.340 e. The van der Waals surface area contributed by atoms with Gasteiger partial charge in [-0.15, -0.1) is 0 Å². The van der Waals surface area contributed by atoms with Crippen molar-refractivity contribution in [1.29, 1.82) is 5.26 Å². The smallest absolute Gasteiger partial charge is 0.287 e. The van der Waals surface area contributed by atoms with Crippen molar-refractivity contribution in [2.75, 3.05) is 10.6 Å². The fraction of sp³-hybridized carbons (Fsp3) is 0.150. The predicted octanol–water partition coefficient (Wildman–Crippen LogP) is 4.22. The zero-order chi connectivity index (χ0) is 21.0. The number of amides is 1. The molecule has 0 saturated carbocycles. The maximum absolute atomic E-state index is 13.6. The first-order chi connectivity index (χ1) is 13.8. The van der Waals surface area contributed by atoms with Crippen LogP contribution in [0.5, 0.6) is 0 Å². The molecule has 0 aliphatic heterocycles. The first-order valence-electron chi connectivity index (χ1n) is 8.53. The molecule has 0 unspecified atom stereocenters. The number of nitrogens with zero attached hydrogens (tertiary/aromatic N) is 4. The zero-order valence-corrected chi connectivity index (χ0v) is 15.6. The summed E-state index contributed by atoms with van der Waals surface area (Å²) in [5.41, 5.74) is 1.51. The average molecular weight is 394 g/mol. The van der Waals surface area contributed by atoms with Gasteiger partial charge in [0.15, 0.2) is 0 Å². The van der Waals surface area contributed by atoms with E-state index in [1.807, 2.05) is 6.07 Å². The molecule has 0 aliphatic rings. The number of hydrogen-bond donors (Lipinski definition) is 2. The predicted molar refractivity (Wildman–Crippen MR) is 104 cm³/mol. The zero-order valence-electron chi connectivity index (χ0n) is 15.6. The van der Waals surface area contributed by atoms with Crippen molar-refractivity contribution in [3.8, 4) is 17.3 Å². The highest BCUT2D eigenvalue weighted by molar-refractivity contribution is 5.89. The van der Waals surface area contributed by atoms with Crippen molar-refractivity contribution < 1.29 is 13.6 Å². The van der Waals surface area contributed by atoms with Crippen LogP contribution in [0.4, 0.5) is 26.1 Å². The Kier molecular flexibility index (Phi) is 5.45. The van der Waals surface area contributed by atoms with Gasteiger partial charge in [-0.2, -0.15) is 14.0 Å². The standard InChI is InChI=1S/C20H16F2N6O/c1-12(29)26-19-8-16(27-18-5-3-4-17(28-18)20(2,21)22)14(11-25-19)15-7-6-13(9-23)10-24-15/h3-8,10-11H,1-2H3,(H2,25,26,27,28,29). The molecule has 0 radical (unpaired) electrons. The van der Waals surface area contributed by atoms with Gasteiger partial charge < -0.3 is 10.6 Å². The minimum absolute atomic E-state index is 0.193. The van der Waals surface area contributed by atoms with Crippen molar-refractivity contribution in [2.45, 2.75) is 19.8 Å². The topological polar surface area (TPSA) is 104 Å². The van der Waals surface area contributed by atoms with Crippen LogP contribution < -0.4 is 10.6 Å². The molecule has 7 nitrogen and oxygen atoms in total. The molecule has 1 amide bonds. The summed E-state index contributed by atoms with van der Waals surface area (Å²) in [5, 5.41) is 14.5. The van der Waals surface area contributed by atoms with E-state index in [4.69, 9.17) is 5.26 Å². The first-order valence-corrected chi connectivity index (χ1v) is 8.53. The van der Waals surface area contributed by atoms with E-state index in [1.54, 1.807) is 24.3 Å². The highest BCUT2D eigenvalue weighted by atomic mass is 19.3. The molecule has 0 spiro atoms. The number of alkyl halides is 2. The van der Waals surface area contributed by atoms with E-state index in [0.29, 0.717) is 22.5 Å². The molecule has 0 aromatic carbocycles. The van der Waals surface area contributed by atoms with E-state index in [9.17, 15) is 13.6 Å². The molecule has 0 aliphatic carbocycles. The number of halogens is 2. The number of hydrogen-bond acceptors (Lipinski definition) is 6. The molecule has 0 bridgehead atoms. The lowest BCUT2D eigenvalue weighted by Crippen LogP contribution is -2.11. The molecular weight excluding hydrogens is 378 g/mol. The summed E-state index contributed by atoms with van der Waals surface area (Å²) < 4.78 is 27.2. The van der Waals surface area contributed by atoms with Crippen LogP contribution in [0, 0.1) is 11.3 Å². The fourth-order valence-corrected chi connectivity index (χ4v) is 2.52. The lowest BCUT2D eigenvalue weighted by Gasteiger charge is -2.15. The Morgan fingerprint density at radius 1 is 1.14 bits per heavy atom. The first kappa shape index (κ1) is 19.8. The van der Waals surface area contributed by atoms with Gasteiger partial charge in [0, 0.05) is 37.9 Å². The number of anilines is 3. The maximum Gasteiger partial charge on any atom is 0.287 e. The van der Waals surface area contributed by atoms with Gasteiger partial charge in [0.25, 0.3) is 5.92 Å². The van der Waals surface area contributed by atoms with Gasteiger partial charge in [0.2, 0.25) is 5.91 Å². The third-order valence-electron chi connectivity index (χ3n) is 3.84. The van der Waals surface area contributed by atoms with Crippen LogP contribution in [0.25, 0.3) is 11.3 Å². The summed E-state index contributed by atoms with van der Waals surface area (Å²) in [5.74, 6) is -2.93. The van der Waals surface area contributed by atoms with E-state index in [0.717, 1.165) is 6.92 Å². The Hall–Kier alpha value is -3.93. The Labute approximate surface area is 165 Å². The van der Waals surface area contributed by atoms with Gasteiger partial charge in [-0.05, 0) is 24.3 Å². The molecule has 3 heterocycles. The highest BCUT2D eigenvalue weighted by Gasteiger charge is 2.26. The van der Waals surface area contributed by atoms with Crippen LogP contribution in [0.2, 0.25) is 0 Å². The van der Waals surface area contributed by atoms with Gasteiger partial charge in [0.1, 0.15) is 23.4 Å². The van der Waals surface area contributed by atoms with E-state index >= 15 is 0 Å². The Balaban J connectivity index is 2.04. The lowest BCUT2D eigenvalue weighted by atomic mass is 10.1. The molecule has 0 fully saturated rings. The molecule has 146 valence electrons. The van der Waals surface area contributed by atoms with Crippen LogP contribution in [-0.2, 0) is 10.7 Å². The fourth-order valence-electron chi connectivity index (χ4n) is 2.52. The van der Waals surface area contributed by atoms with Crippen LogP contribution in [-0.4, -0.2) is 20.9 Å². The van der Waals surface area contributed by atoms with Crippen LogP contribution >= 0.6 is 0 Å². The maximum atomic E-state index is 13.6. The number of rotatable bonds is 5. The van der Waals surface area contributed by atoms with Crippen LogP contribution in [0.1, 0.15) is 25.1 Å². The van der Waals surface area contributed by atoms with Crippen molar-refractivity contribution in [3.05, 3.63) is 60.0 Å². The molecule has 29 heavy (non-hydrogen) atoms. The summed E-state index contributed by atoms with van der Waals surface area (Å²) in [6.45, 7) is 2.12. The van der Waals surface area contributed by atoms with Gasteiger partial charge in [-0.1, -0.05) is 6.07 Å². The molecule has 3 rings (SSSR count). The number of pyridine rings is 3. The molecule has 2 N–H and O–H groups in total. The lowest BCUT2D eigenvalue weighted by molar-refractivity contribution is -0.114. The molecule has 3 aromatic heterocycles. The molecule has 9 heteroatoms. The number of carbonyl (C=O) groups excluding carboxylic acids is 1. The van der Waals surface area contributed by atoms with Crippen molar-refractivity contribution >= 4 is 23.2 Å². The van der Waals surface area contributed by atoms with Crippen molar-refractivity contribution in [3.63, 3.8) is 0 Å². The van der Waals surface area contributed by atoms with Crippen molar-refractivity contribution in [2.24, 2.45) is 0 Å². The largest absolute Gasteiger partial charge is 0.340 e. The quantitative estimate of drug-likeness (QED) is 0.671. The Bertz CT molecular complexity index is 1090. The van der Waals surface area contributed by atoms with Gasteiger partial charge >= 0.3 is 0 Å². The van der Waals surface area contributed by atoms with E-state index in [-0.39, 0.29) is 23.2 Å². The van der Waals surface area contributed by atoms with Crippen LogP contribution in [0.15, 0.2) is 48.8 Å². The summed E-state index contributed by atoms with van der Waals surface area (Å²) >= 11 is 0. The number of nitriles is 1. The van der Waals surface area contributed by atoms with Crippen molar-refractivity contribution in [1.82, 2.24) is 15.0 Å².